The third kappa shape index (κ3) is 2.48. The average molecular weight is 282 g/mol. The van der Waals surface area contributed by atoms with Gasteiger partial charge in [0.05, 0.1) is 30.3 Å². The van der Waals surface area contributed by atoms with Crippen LogP contribution in [-0.4, -0.2) is 42.9 Å². The highest BCUT2D eigenvalue weighted by atomic mass is 35.5. The van der Waals surface area contributed by atoms with Gasteiger partial charge in [0.2, 0.25) is 0 Å². The summed E-state index contributed by atoms with van der Waals surface area (Å²) in [6, 6.07) is 7.13. The van der Waals surface area contributed by atoms with E-state index in [9.17, 15) is 4.79 Å². The Bertz CT molecular complexity index is 485. The molecule has 0 atom stereocenters. The molecule has 5 heteroatoms. The number of nitrogens with zero attached hydrogens (tertiary/aromatic N) is 1. The van der Waals surface area contributed by atoms with Crippen molar-refractivity contribution in [1.29, 1.82) is 0 Å². The zero-order chi connectivity index (χ0) is 13.3. The van der Waals surface area contributed by atoms with Gasteiger partial charge >= 0.3 is 0 Å². The summed E-state index contributed by atoms with van der Waals surface area (Å²) in [5.41, 5.74) is 0.541. The molecule has 1 aromatic carbocycles. The van der Waals surface area contributed by atoms with Crippen LogP contribution >= 0.6 is 11.6 Å². The summed E-state index contributed by atoms with van der Waals surface area (Å²) in [6.45, 7) is 2.41. The Morgan fingerprint density at radius 1 is 1.26 bits per heavy atom. The maximum atomic E-state index is 12.5. The number of benzene rings is 1. The van der Waals surface area contributed by atoms with Crippen LogP contribution in [0.15, 0.2) is 24.3 Å². The molecule has 4 nitrogen and oxygen atoms in total. The van der Waals surface area contributed by atoms with E-state index in [1.807, 2.05) is 12.1 Å². The lowest BCUT2D eigenvalue weighted by molar-refractivity contribution is -0.183. The van der Waals surface area contributed by atoms with Gasteiger partial charge in [0.25, 0.3) is 5.91 Å². The molecule has 2 aliphatic heterocycles. The highest BCUT2D eigenvalue weighted by molar-refractivity contribution is 6.33. The summed E-state index contributed by atoms with van der Waals surface area (Å²) in [5.74, 6) is -0.640. The Labute approximate surface area is 117 Å². The maximum Gasteiger partial charge on any atom is 0.255 e. The minimum atomic E-state index is -0.588. The third-order valence-electron chi connectivity index (χ3n) is 3.62. The summed E-state index contributed by atoms with van der Waals surface area (Å²) in [7, 11) is 0. The number of piperidine rings is 1. The number of carbonyl (C=O) groups is 1. The van der Waals surface area contributed by atoms with Crippen LogP contribution < -0.4 is 0 Å². The highest BCUT2D eigenvalue weighted by Crippen LogP contribution is 2.31. The van der Waals surface area contributed by atoms with Crippen molar-refractivity contribution in [3.63, 3.8) is 0 Å². The predicted molar refractivity (Wildman–Crippen MR) is 71.2 cm³/mol. The Hall–Kier alpha value is -1.10. The number of rotatable bonds is 1. The molecule has 2 saturated heterocycles. The monoisotopic (exact) mass is 281 g/mol. The van der Waals surface area contributed by atoms with Crippen LogP contribution in [-0.2, 0) is 9.47 Å². The Kier molecular flexibility index (Phi) is 3.48. The summed E-state index contributed by atoms with van der Waals surface area (Å²) < 4.78 is 11.4. The van der Waals surface area contributed by atoms with Crippen LogP contribution in [0, 0.1) is 0 Å². The summed E-state index contributed by atoms with van der Waals surface area (Å²) >= 11 is 6.08. The number of hydrogen-bond donors (Lipinski definition) is 0. The van der Waals surface area contributed by atoms with Crippen LogP contribution in [0.4, 0.5) is 0 Å². The fourth-order valence-electron chi connectivity index (χ4n) is 2.70. The first-order chi connectivity index (χ1) is 9.20. The number of carbonyl (C=O) groups excluding carboxylic acids is 1. The second-order valence-corrected chi connectivity index (χ2v) is 5.32. The molecule has 0 bridgehead atoms. The molecule has 2 aliphatic rings. The lowest BCUT2D eigenvalue weighted by Gasteiger charge is -2.38. The molecule has 2 fully saturated rings. The first-order valence-corrected chi connectivity index (χ1v) is 6.90. The van der Waals surface area contributed by atoms with Crippen molar-refractivity contribution in [2.75, 3.05) is 26.3 Å². The van der Waals surface area contributed by atoms with E-state index >= 15 is 0 Å². The summed E-state index contributed by atoms with van der Waals surface area (Å²) in [6.07, 6.45) is 1.73. The second-order valence-electron chi connectivity index (χ2n) is 4.92. The third-order valence-corrected chi connectivity index (χ3v) is 3.95. The molecule has 0 radical (unpaired) electrons. The molecule has 0 unspecified atom stereocenters. The van der Waals surface area contributed by atoms with Gasteiger partial charge in [-0.15, -0.1) is 0 Å². The molecule has 102 valence electrons. The topological polar surface area (TPSA) is 38.8 Å². The van der Waals surface area contributed by atoms with Crippen LogP contribution in [0.25, 0.3) is 0 Å². The van der Waals surface area contributed by atoms with Gasteiger partial charge in [-0.1, -0.05) is 23.7 Å². The van der Waals surface area contributed by atoms with Gasteiger partial charge in [-0.3, -0.25) is 4.79 Å². The number of amides is 1. The Balaban J connectivity index is 1.78. The average Bonchev–Trinajstić information content (AvgIpc) is 2.86. The van der Waals surface area contributed by atoms with Crippen molar-refractivity contribution in [3.05, 3.63) is 34.9 Å². The molecular formula is C14H16ClNO3. The molecule has 1 aromatic rings. The van der Waals surface area contributed by atoms with Crippen molar-refractivity contribution < 1.29 is 14.3 Å². The van der Waals surface area contributed by atoms with Crippen molar-refractivity contribution >= 4 is 17.5 Å². The van der Waals surface area contributed by atoms with Crippen molar-refractivity contribution in [2.24, 2.45) is 0 Å². The van der Waals surface area contributed by atoms with Gasteiger partial charge in [-0.2, -0.15) is 0 Å². The van der Waals surface area contributed by atoms with Crippen LogP contribution in [0.5, 0.6) is 0 Å². The van der Waals surface area contributed by atoms with Gasteiger partial charge in [0.15, 0.2) is 5.79 Å². The largest absolute Gasteiger partial charge is 0.346 e. The highest BCUT2D eigenvalue weighted by Gasteiger charge is 2.42. The zero-order valence-corrected chi connectivity index (χ0v) is 11.4. The molecule has 0 aliphatic carbocycles. The minimum Gasteiger partial charge on any atom is -0.346 e. The molecule has 19 heavy (non-hydrogen) atoms. The molecule has 0 aromatic heterocycles. The van der Waals surface area contributed by atoms with Crippen LogP contribution in [0.1, 0.15) is 23.2 Å². The molecule has 2 heterocycles. The van der Waals surface area contributed by atoms with E-state index in [1.54, 1.807) is 17.0 Å². The van der Waals surface area contributed by atoms with E-state index in [2.05, 4.69) is 0 Å². The lowest BCUT2D eigenvalue weighted by Crippen LogP contribution is -2.51. The number of halogens is 1. The normalized spacial score (nSPS) is 21.8. The minimum absolute atomic E-state index is 0.0521. The molecule has 0 saturated carbocycles. The molecular weight excluding hydrogens is 266 g/mol. The van der Waals surface area contributed by atoms with E-state index in [0.29, 0.717) is 30.3 Å². The standard InChI is InChI=1S/C14H16ClNO3/c15-12-5-2-1-4-11(12)13(17)16-7-3-6-14(10-16)18-8-9-19-14/h1-2,4-5H,3,6-10H2. The predicted octanol–water partition coefficient (Wildman–Crippen LogP) is 2.32. The van der Waals surface area contributed by atoms with E-state index in [1.165, 1.54) is 0 Å². The van der Waals surface area contributed by atoms with Gasteiger partial charge < -0.3 is 14.4 Å². The number of ether oxygens (including phenoxy) is 2. The summed E-state index contributed by atoms with van der Waals surface area (Å²) in [4.78, 5) is 14.3. The molecule has 0 N–H and O–H groups in total. The van der Waals surface area contributed by atoms with Gasteiger partial charge in [0.1, 0.15) is 0 Å². The molecule has 3 rings (SSSR count). The van der Waals surface area contributed by atoms with Crippen molar-refractivity contribution in [2.45, 2.75) is 18.6 Å². The van der Waals surface area contributed by atoms with Gasteiger partial charge in [0, 0.05) is 13.0 Å². The number of hydrogen-bond acceptors (Lipinski definition) is 3. The Morgan fingerprint density at radius 2 is 2.00 bits per heavy atom. The van der Waals surface area contributed by atoms with Gasteiger partial charge in [-0.05, 0) is 18.6 Å². The molecule has 1 amide bonds. The van der Waals surface area contributed by atoms with Crippen molar-refractivity contribution in [1.82, 2.24) is 4.90 Å². The fourth-order valence-corrected chi connectivity index (χ4v) is 2.92. The fraction of sp³-hybridized carbons (Fsp3) is 0.500. The quantitative estimate of drug-likeness (QED) is 0.793. The van der Waals surface area contributed by atoms with E-state index in [0.717, 1.165) is 19.4 Å². The maximum absolute atomic E-state index is 12.5. The Morgan fingerprint density at radius 3 is 2.74 bits per heavy atom. The van der Waals surface area contributed by atoms with Crippen LogP contribution in [0.2, 0.25) is 5.02 Å². The lowest BCUT2D eigenvalue weighted by atomic mass is 10.0. The first-order valence-electron chi connectivity index (χ1n) is 6.52. The van der Waals surface area contributed by atoms with E-state index in [-0.39, 0.29) is 5.91 Å². The smallest absolute Gasteiger partial charge is 0.255 e. The molecule has 1 spiro atoms. The SMILES string of the molecule is O=C(c1ccccc1Cl)N1CCCC2(C1)OCCO2. The van der Waals surface area contributed by atoms with Crippen LogP contribution in [0.3, 0.4) is 0 Å². The summed E-state index contributed by atoms with van der Waals surface area (Å²) in [5, 5.41) is 0.486. The second kappa shape index (κ2) is 5.12. The first kappa shape index (κ1) is 12.9. The van der Waals surface area contributed by atoms with E-state index in [4.69, 9.17) is 21.1 Å². The van der Waals surface area contributed by atoms with Gasteiger partial charge in [-0.25, -0.2) is 0 Å². The number of likely N-dealkylation sites (tertiary alicyclic amines) is 1. The zero-order valence-electron chi connectivity index (χ0n) is 10.6. The van der Waals surface area contributed by atoms with Crippen molar-refractivity contribution in [3.8, 4) is 0 Å². The van der Waals surface area contributed by atoms with E-state index < -0.39 is 5.79 Å².